The molecule has 2 aromatic rings. The van der Waals surface area contributed by atoms with Crippen molar-refractivity contribution in [1.82, 2.24) is 4.98 Å². The Labute approximate surface area is 98.6 Å². The Bertz CT molecular complexity index is 608. The molecule has 0 saturated heterocycles. The van der Waals surface area contributed by atoms with E-state index < -0.39 is 0 Å². The van der Waals surface area contributed by atoms with Crippen LogP contribution in [-0.4, -0.2) is 17.5 Å². The molecule has 0 fully saturated rings. The van der Waals surface area contributed by atoms with Gasteiger partial charge in [0, 0.05) is 5.39 Å². The van der Waals surface area contributed by atoms with Gasteiger partial charge in [-0.1, -0.05) is 13.0 Å². The number of aryl methyl sites for hydroxylation is 1. The number of carbonyl (C=O) groups is 1. The Morgan fingerprint density at radius 3 is 3.12 bits per heavy atom. The first-order valence-electron chi connectivity index (χ1n) is 5.62. The molecule has 1 aliphatic rings. The van der Waals surface area contributed by atoms with E-state index in [-0.39, 0.29) is 12.5 Å². The number of hydrogen-bond donors (Lipinski definition) is 1. The number of anilines is 1. The van der Waals surface area contributed by atoms with Crippen LogP contribution in [0.15, 0.2) is 24.3 Å². The monoisotopic (exact) mass is 228 g/mol. The normalized spacial score (nSPS) is 14.1. The maximum absolute atomic E-state index is 11.2. The van der Waals surface area contributed by atoms with Gasteiger partial charge in [-0.3, -0.25) is 4.79 Å². The van der Waals surface area contributed by atoms with Crippen molar-refractivity contribution in [2.24, 2.45) is 0 Å². The number of fused-ring (bicyclic) bond motifs is 2. The maximum Gasteiger partial charge on any atom is 0.263 e. The zero-order valence-electron chi connectivity index (χ0n) is 9.49. The lowest BCUT2D eigenvalue weighted by molar-refractivity contribution is -0.118. The zero-order chi connectivity index (χ0) is 11.8. The second kappa shape index (κ2) is 3.73. The first-order chi connectivity index (χ1) is 8.26. The van der Waals surface area contributed by atoms with Crippen molar-refractivity contribution in [2.75, 3.05) is 11.9 Å². The summed E-state index contributed by atoms with van der Waals surface area (Å²) in [5, 5.41) is 3.75. The van der Waals surface area contributed by atoms with E-state index in [0.717, 1.165) is 17.3 Å². The molecule has 0 atom stereocenters. The Hall–Kier alpha value is -2.10. The fourth-order valence-electron chi connectivity index (χ4n) is 1.94. The summed E-state index contributed by atoms with van der Waals surface area (Å²) in [4.78, 5) is 15.6. The third-order valence-electron chi connectivity index (χ3n) is 2.87. The Balaban J connectivity index is 2.17. The molecule has 4 heteroatoms. The number of aromatic nitrogens is 1. The fraction of sp³-hybridized carbons (Fsp3) is 0.231. The predicted octanol–water partition coefficient (Wildman–Crippen LogP) is 2.13. The average Bonchev–Trinajstić information content (AvgIpc) is 2.35. The number of nitrogens with zero attached hydrogens (tertiary/aromatic N) is 1. The highest BCUT2D eigenvalue weighted by molar-refractivity contribution is 5.96. The fourth-order valence-corrected chi connectivity index (χ4v) is 1.94. The highest BCUT2D eigenvalue weighted by Crippen LogP contribution is 2.29. The van der Waals surface area contributed by atoms with E-state index in [4.69, 9.17) is 4.74 Å². The van der Waals surface area contributed by atoms with Gasteiger partial charge in [0.25, 0.3) is 5.91 Å². The van der Waals surface area contributed by atoms with Crippen LogP contribution in [0.5, 0.6) is 5.75 Å². The van der Waals surface area contributed by atoms with Crippen LogP contribution in [0, 0.1) is 0 Å². The number of pyridine rings is 1. The highest BCUT2D eigenvalue weighted by Gasteiger charge is 2.17. The molecular weight excluding hydrogens is 216 g/mol. The van der Waals surface area contributed by atoms with Gasteiger partial charge >= 0.3 is 0 Å². The summed E-state index contributed by atoms with van der Waals surface area (Å²) >= 11 is 0. The van der Waals surface area contributed by atoms with Crippen LogP contribution in [-0.2, 0) is 11.2 Å². The van der Waals surface area contributed by atoms with Crippen molar-refractivity contribution in [2.45, 2.75) is 13.3 Å². The molecule has 2 heterocycles. The zero-order valence-corrected chi connectivity index (χ0v) is 9.49. The quantitative estimate of drug-likeness (QED) is 0.813. The lowest BCUT2D eigenvalue weighted by Crippen LogP contribution is -2.26. The SMILES string of the molecule is CCc1ccc2nc3c(cc2c1)OCC(=O)N3. The smallest absolute Gasteiger partial charge is 0.263 e. The summed E-state index contributed by atoms with van der Waals surface area (Å²) in [6.45, 7) is 2.18. The van der Waals surface area contributed by atoms with Gasteiger partial charge in [0.2, 0.25) is 0 Å². The Morgan fingerprint density at radius 2 is 2.29 bits per heavy atom. The third kappa shape index (κ3) is 1.71. The van der Waals surface area contributed by atoms with Crippen LogP contribution >= 0.6 is 0 Å². The van der Waals surface area contributed by atoms with Crippen molar-refractivity contribution < 1.29 is 9.53 Å². The molecule has 1 aromatic heterocycles. The molecule has 0 saturated carbocycles. The van der Waals surface area contributed by atoms with Crippen molar-refractivity contribution in [3.05, 3.63) is 29.8 Å². The standard InChI is InChI=1S/C13H12N2O2/c1-2-8-3-4-10-9(5-8)6-11-13(14-10)15-12(16)7-17-11/h3-6H,2,7H2,1H3,(H,14,15,16). The summed E-state index contributed by atoms with van der Waals surface area (Å²) in [7, 11) is 0. The van der Waals surface area contributed by atoms with Gasteiger partial charge in [0.15, 0.2) is 18.2 Å². The minimum Gasteiger partial charge on any atom is -0.480 e. The molecule has 0 aliphatic carbocycles. The third-order valence-corrected chi connectivity index (χ3v) is 2.87. The Morgan fingerprint density at radius 1 is 1.41 bits per heavy atom. The van der Waals surface area contributed by atoms with Gasteiger partial charge in [0.1, 0.15) is 0 Å². The minimum atomic E-state index is -0.158. The summed E-state index contributed by atoms with van der Waals surface area (Å²) in [5.74, 6) is 0.998. The lowest BCUT2D eigenvalue weighted by Gasteiger charge is -2.17. The second-order valence-electron chi connectivity index (χ2n) is 4.05. The van der Waals surface area contributed by atoms with Crippen molar-refractivity contribution in [1.29, 1.82) is 0 Å². The molecule has 0 spiro atoms. The van der Waals surface area contributed by atoms with E-state index in [9.17, 15) is 4.79 Å². The number of carbonyl (C=O) groups excluding carboxylic acids is 1. The van der Waals surface area contributed by atoms with E-state index in [1.165, 1.54) is 5.56 Å². The van der Waals surface area contributed by atoms with Gasteiger partial charge in [0.05, 0.1) is 5.52 Å². The molecule has 1 aliphatic heterocycles. The lowest BCUT2D eigenvalue weighted by atomic mass is 10.1. The Kier molecular flexibility index (Phi) is 2.21. The first kappa shape index (κ1) is 10.1. The van der Waals surface area contributed by atoms with Gasteiger partial charge in [-0.2, -0.15) is 0 Å². The molecule has 17 heavy (non-hydrogen) atoms. The van der Waals surface area contributed by atoms with Gasteiger partial charge in [-0.05, 0) is 30.2 Å². The number of amides is 1. The molecule has 1 amide bonds. The number of hydrogen-bond acceptors (Lipinski definition) is 3. The van der Waals surface area contributed by atoms with Gasteiger partial charge < -0.3 is 10.1 Å². The van der Waals surface area contributed by atoms with E-state index in [1.54, 1.807) is 0 Å². The first-order valence-corrected chi connectivity index (χ1v) is 5.62. The summed E-state index contributed by atoms with van der Waals surface area (Å²) in [5.41, 5.74) is 2.13. The molecule has 86 valence electrons. The number of nitrogens with one attached hydrogen (secondary N) is 1. The average molecular weight is 228 g/mol. The van der Waals surface area contributed by atoms with Crippen LogP contribution < -0.4 is 10.1 Å². The van der Waals surface area contributed by atoms with E-state index >= 15 is 0 Å². The van der Waals surface area contributed by atoms with Crippen LogP contribution in [0.2, 0.25) is 0 Å². The van der Waals surface area contributed by atoms with Crippen molar-refractivity contribution in [3.8, 4) is 5.75 Å². The molecule has 1 N–H and O–H groups in total. The van der Waals surface area contributed by atoms with Crippen molar-refractivity contribution in [3.63, 3.8) is 0 Å². The summed E-state index contributed by atoms with van der Waals surface area (Å²) < 4.78 is 5.34. The van der Waals surface area contributed by atoms with E-state index in [2.05, 4.69) is 23.3 Å². The van der Waals surface area contributed by atoms with Crippen LogP contribution in [0.25, 0.3) is 10.9 Å². The van der Waals surface area contributed by atoms with Crippen molar-refractivity contribution >= 4 is 22.6 Å². The molecule has 1 aromatic carbocycles. The van der Waals surface area contributed by atoms with E-state index in [0.29, 0.717) is 11.6 Å². The topological polar surface area (TPSA) is 51.2 Å². The molecule has 4 nitrogen and oxygen atoms in total. The van der Waals surface area contributed by atoms with Crippen LogP contribution in [0.4, 0.5) is 5.82 Å². The number of rotatable bonds is 1. The molecule has 0 bridgehead atoms. The van der Waals surface area contributed by atoms with Crippen LogP contribution in [0.3, 0.4) is 0 Å². The minimum absolute atomic E-state index is 0.0631. The molecule has 0 radical (unpaired) electrons. The maximum atomic E-state index is 11.2. The molecule has 3 rings (SSSR count). The van der Waals surface area contributed by atoms with Crippen LogP contribution in [0.1, 0.15) is 12.5 Å². The second-order valence-corrected chi connectivity index (χ2v) is 4.05. The molecular formula is C13H12N2O2. The number of benzene rings is 1. The van der Waals surface area contributed by atoms with E-state index in [1.807, 2.05) is 18.2 Å². The summed E-state index contributed by atoms with van der Waals surface area (Å²) in [6, 6.07) is 8.04. The predicted molar refractivity (Wildman–Crippen MR) is 65.2 cm³/mol. The largest absolute Gasteiger partial charge is 0.480 e. The number of ether oxygens (including phenoxy) is 1. The highest BCUT2D eigenvalue weighted by atomic mass is 16.5. The summed E-state index contributed by atoms with van der Waals surface area (Å²) in [6.07, 6.45) is 0.991. The van der Waals surface area contributed by atoms with Gasteiger partial charge in [-0.15, -0.1) is 0 Å². The molecule has 0 unspecified atom stereocenters. The van der Waals surface area contributed by atoms with Gasteiger partial charge in [-0.25, -0.2) is 4.98 Å².